The highest BCUT2D eigenvalue weighted by molar-refractivity contribution is 5.90. The predicted octanol–water partition coefficient (Wildman–Crippen LogP) is 2.81. The number of rotatable bonds is 7. The zero-order valence-electron chi connectivity index (χ0n) is 14.3. The lowest BCUT2D eigenvalue weighted by molar-refractivity contribution is -0.118. The van der Waals surface area contributed by atoms with Crippen molar-refractivity contribution in [3.8, 4) is 5.75 Å². The van der Waals surface area contributed by atoms with E-state index < -0.39 is 0 Å². The van der Waals surface area contributed by atoms with E-state index in [2.05, 4.69) is 25.8 Å². The van der Waals surface area contributed by atoms with Gasteiger partial charge in [-0.25, -0.2) is 0 Å². The second-order valence-corrected chi connectivity index (χ2v) is 5.66. The number of nitrogens with zero attached hydrogens (tertiary/aromatic N) is 3. The third-order valence-corrected chi connectivity index (χ3v) is 3.55. The van der Waals surface area contributed by atoms with E-state index in [1.807, 2.05) is 43.3 Å². The van der Waals surface area contributed by atoms with Crippen LogP contribution in [0.3, 0.4) is 0 Å². The van der Waals surface area contributed by atoms with Gasteiger partial charge in [-0.3, -0.25) is 9.78 Å². The van der Waals surface area contributed by atoms with Crippen molar-refractivity contribution in [2.45, 2.75) is 13.5 Å². The van der Waals surface area contributed by atoms with Crippen molar-refractivity contribution >= 4 is 17.5 Å². The van der Waals surface area contributed by atoms with E-state index in [-0.39, 0.29) is 12.5 Å². The van der Waals surface area contributed by atoms with Gasteiger partial charge in [0, 0.05) is 18.9 Å². The Bertz CT molecular complexity index is 836. The summed E-state index contributed by atoms with van der Waals surface area (Å²) in [6.45, 7) is 2.52. The average Bonchev–Trinajstić information content (AvgIpc) is 2.68. The fraction of sp³-hybridized carbons (Fsp3) is 0.158. The molecular formula is C19H19N5O2. The average molecular weight is 349 g/mol. The van der Waals surface area contributed by atoms with Gasteiger partial charge in [-0.05, 0) is 48.9 Å². The number of carbonyl (C=O) groups excluding carboxylic acids is 1. The maximum atomic E-state index is 11.9. The van der Waals surface area contributed by atoms with E-state index in [0.717, 1.165) is 11.1 Å². The first-order valence-electron chi connectivity index (χ1n) is 8.15. The van der Waals surface area contributed by atoms with Gasteiger partial charge in [0.25, 0.3) is 5.91 Å². The van der Waals surface area contributed by atoms with E-state index in [0.29, 0.717) is 23.9 Å². The number of aryl methyl sites for hydroxylation is 1. The molecule has 1 amide bonds. The van der Waals surface area contributed by atoms with Gasteiger partial charge in [-0.1, -0.05) is 17.7 Å². The molecular weight excluding hydrogens is 330 g/mol. The molecule has 0 bridgehead atoms. The van der Waals surface area contributed by atoms with Crippen LogP contribution in [0.2, 0.25) is 0 Å². The minimum absolute atomic E-state index is 0.0905. The molecule has 0 fully saturated rings. The van der Waals surface area contributed by atoms with Crippen molar-refractivity contribution in [2.75, 3.05) is 17.2 Å². The molecule has 7 heteroatoms. The van der Waals surface area contributed by atoms with Gasteiger partial charge in [0.2, 0.25) is 0 Å². The van der Waals surface area contributed by atoms with E-state index >= 15 is 0 Å². The molecule has 2 aromatic heterocycles. The number of carbonyl (C=O) groups is 1. The molecule has 0 unspecified atom stereocenters. The number of anilines is 2. The molecule has 26 heavy (non-hydrogen) atoms. The highest BCUT2D eigenvalue weighted by Gasteiger charge is 2.05. The Hall–Kier alpha value is -3.48. The Labute approximate surface area is 151 Å². The molecule has 0 atom stereocenters. The predicted molar refractivity (Wildman–Crippen MR) is 98.9 cm³/mol. The summed E-state index contributed by atoms with van der Waals surface area (Å²) in [5, 5.41) is 13.8. The summed E-state index contributed by atoms with van der Waals surface area (Å²) < 4.78 is 5.43. The monoisotopic (exact) mass is 349 g/mol. The SMILES string of the molecule is Cc1ccc(OCC(=O)Nc2ccc(NCc3ccncc3)nn2)cc1. The molecule has 7 nitrogen and oxygen atoms in total. The molecule has 0 saturated heterocycles. The molecule has 1 aromatic carbocycles. The molecule has 3 aromatic rings. The van der Waals surface area contributed by atoms with Gasteiger partial charge in [0.1, 0.15) is 11.6 Å². The molecule has 132 valence electrons. The summed E-state index contributed by atoms with van der Waals surface area (Å²) in [4.78, 5) is 15.9. The quantitative estimate of drug-likeness (QED) is 0.682. The fourth-order valence-corrected chi connectivity index (χ4v) is 2.15. The third-order valence-electron chi connectivity index (χ3n) is 3.55. The van der Waals surface area contributed by atoms with E-state index in [9.17, 15) is 4.79 Å². The Morgan fingerprint density at radius 2 is 1.65 bits per heavy atom. The zero-order valence-corrected chi connectivity index (χ0v) is 14.3. The van der Waals surface area contributed by atoms with Crippen molar-refractivity contribution in [3.63, 3.8) is 0 Å². The van der Waals surface area contributed by atoms with Gasteiger partial charge in [-0.15, -0.1) is 10.2 Å². The van der Waals surface area contributed by atoms with Gasteiger partial charge in [0.05, 0.1) is 0 Å². The lowest BCUT2D eigenvalue weighted by Crippen LogP contribution is -2.21. The standard InChI is InChI=1S/C19H19N5O2/c1-14-2-4-16(5-3-14)26-13-19(25)22-18-7-6-17(23-24-18)21-12-15-8-10-20-11-9-15/h2-11H,12-13H2,1H3,(H,21,23)(H,22,24,25). The lowest BCUT2D eigenvalue weighted by atomic mass is 10.2. The van der Waals surface area contributed by atoms with Crippen LogP contribution >= 0.6 is 0 Å². The number of benzene rings is 1. The summed E-state index contributed by atoms with van der Waals surface area (Å²) >= 11 is 0. The molecule has 0 aliphatic heterocycles. The van der Waals surface area contributed by atoms with Gasteiger partial charge >= 0.3 is 0 Å². The first-order chi connectivity index (χ1) is 12.7. The molecule has 0 radical (unpaired) electrons. The minimum Gasteiger partial charge on any atom is -0.484 e. The number of amides is 1. The third kappa shape index (κ3) is 5.27. The van der Waals surface area contributed by atoms with Gasteiger partial charge < -0.3 is 15.4 Å². The maximum absolute atomic E-state index is 11.9. The van der Waals surface area contributed by atoms with Crippen LogP contribution in [0.4, 0.5) is 11.6 Å². The fourth-order valence-electron chi connectivity index (χ4n) is 2.15. The number of hydrogen-bond donors (Lipinski definition) is 2. The van der Waals surface area contributed by atoms with Crippen molar-refractivity contribution < 1.29 is 9.53 Å². The zero-order chi connectivity index (χ0) is 18.2. The maximum Gasteiger partial charge on any atom is 0.263 e. The second kappa shape index (κ2) is 8.57. The number of pyridine rings is 1. The van der Waals surface area contributed by atoms with Gasteiger partial charge in [-0.2, -0.15) is 0 Å². The molecule has 0 aliphatic carbocycles. The van der Waals surface area contributed by atoms with Crippen LogP contribution in [0.15, 0.2) is 60.9 Å². The Balaban J connectivity index is 1.45. The molecule has 3 rings (SSSR count). The van der Waals surface area contributed by atoms with Crippen molar-refractivity contribution in [1.82, 2.24) is 15.2 Å². The van der Waals surface area contributed by atoms with Crippen LogP contribution in [-0.4, -0.2) is 27.7 Å². The van der Waals surface area contributed by atoms with Crippen molar-refractivity contribution in [3.05, 3.63) is 72.1 Å². The summed E-state index contributed by atoms with van der Waals surface area (Å²) in [6.07, 6.45) is 3.47. The molecule has 0 saturated carbocycles. The van der Waals surface area contributed by atoms with Crippen LogP contribution in [-0.2, 0) is 11.3 Å². The van der Waals surface area contributed by atoms with E-state index in [1.165, 1.54) is 0 Å². The second-order valence-electron chi connectivity index (χ2n) is 5.66. The largest absolute Gasteiger partial charge is 0.484 e. The number of nitrogens with one attached hydrogen (secondary N) is 2. The Kier molecular flexibility index (Phi) is 5.72. The molecule has 0 spiro atoms. The highest BCUT2D eigenvalue weighted by Crippen LogP contribution is 2.12. The van der Waals surface area contributed by atoms with Crippen LogP contribution in [0.25, 0.3) is 0 Å². The molecule has 2 heterocycles. The number of ether oxygens (including phenoxy) is 1. The first kappa shape index (κ1) is 17.3. The highest BCUT2D eigenvalue weighted by atomic mass is 16.5. The topological polar surface area (TPSA) is 89.0 Å². The van der Waals surface area contributed by atoms with Gasteiger partial charge in [0.15, 0.2) is 12.4 Å². The van der Waals surface area contributed by atoms with Crippen LogP contribution < -0.4 is 15.4 Å². The summed E-state index contributed by atoms with van der Waals surface area (Å²) in [5.41, 5.74) is 2.22. The smallest absolute Gasteiger partial charge is 0.263 e. The summed E-state index contributed by atoms with van der Waals surface area (Å²) in [6, 6.07) is 14.8. The number of aromatic nitrogens is 3. The van der Waals surface area contributed by atoms with Crippen LogP contribution in [0.1, 0.15) is 11.1 Å². The van der Waals surface area contributed by atoms with E-state index in [4.69, 9.17) is 4.74 Å². The number of hydrogen-bond acceptors (Lipinski definition) is 6. The Morgan fingerprint density at radius 1 is 0.962 bits per heavy atom. The lowest BCUT2D eigenvalue weighted by Gasteiger charge is -2.08. The molecule has 0 aliphatic rings. The summed E-state index contributed by atoms with van der Waals surface area (Å²) in [7, 11) is 0. The first-order valence-corrected chi connectivity index (χ1v) is 8.15. The van der Waals surface area contributed by atoms with Crippen LogP contribution in [0.5, 0.6) is 5.75 Å². The normalized spacial score (nSPS) is 10.2. The minimum atomic E-state index is -0.294. The van der Waals surface area contributed by atoms with E-state index in [1.54, 1.807) is 24.5 Å². The Morgan fingerprint density at radius 3 is 2.35 bits per heavy atom. The van der Waals surface area contributed by atoms with Crippen molar-refractivity contribution in [1.29, 1.82) is 0 Å². The van der Waals surface area contributed by atoms with Crippen LogP contribution in [0, 0.1) is 6.92 Å². The van der Waals surface area contributed by atoms with Crippen molar-refractivity contribution in [2.24, 2.45) is 0 Å². The molecule has 2 N–H and O–H groups in total. The summed E-state index contributed by atoms with van der Waals surface area (Å²) in [5.74, 6) is 1.34.